The number of ketones is 1. The summed E-state index contributed by atoms with van der Waals surface area (Å²) in [5.41, 5.74) is 1.70. The van der Waals surface area contributed by atoms with Crippen molar-refractivity contribution >= 4 is 55.9 Å². The first-order valence-electron chi connectivity index (χ1n) is 3.61. The Morgan fingerprint density at radius 3 is 2.77 bits per heavy atom. The van der Waals surface area contributed by atoms with Crippen LogP contribution in [-0.4, -0.2) is 11.1 Å². The van der Waals surface area contributed by atoms with Gasteiger partial charge in [-0.05, 0) is 41.1 Å². The minimum absolute atomic E-state index is 0.0260. The number of Topliss-reactive ketones (excluding diaryl/α,β-unsaturated/α-hetero) is 1. The number of halogens is 3. The van der Waals surface area contributed by atoms with Crippen LogP contribution in [-0.2, 0) is 0 Å². The molecule has 1 nitrogen and oxygen atoms in total. The average Bonchev–Trinajstić information content (AvgIpc) is 2.12. The van der Waals surface area contributed by atoms with E-state index in [0.29, 0.717) is 15.9 Å². The summed E-state index contributed by atoms with van der Waals surface area (Å²) in [6.45, 7) is 1.96. The molecule has 13 heavy (non-hydrogen) atoms. The van der Waals surface area contributed by atoms with Crippen LogP contribution in [0, 0.1) is 10.5 Å². The molecule has 0 heterocycles. The van der Waals surface area contributed by atoms with E-state index >= 15 is 0 Å². The molecule has 0 saturated heterocycles. The van der Waals surface area contributed by atoms with Crippen molar-refractivity contribution in [3.8, 4) is 0 Å². The smallest absolute Gasteiger partial charge is 0.175 e. The third kappa shape index (κ3) is 2.44. The van der Waals surface area contributed by atoms with Gasteiger partial charge in [0.05, 0.1) is 15.9 Å². The van der Waals surface area contributed by atoms with E-state index in [4.69, 9.17) is 11.6 Å². The molecular formula is C9H7BrClIO. The second kappa shape index (κ2) is 4.75. The highest BCUT2D eigenvalue weighted by molar-refractivity contribution is 14.1. The maximum atomic E-state index is 11.5. The second-order valence-corrected chi connectivity index (χ2v) is 4.66. The molecule has 0 bridgehead atoms. The highest BCUT2D eigenvalue weighted by Crippen LogP contribution is 2.25. The van der Waals surface area contributed by atoms with Gasteiger partial charge in [-0.25, -0.2) is 0 Å². The van der Waals surface area contributed by atoms with E-state index in [2.05, 4.69) is 38.5 Å². The van der Waals surface area contributed by atoms with Crippen LogP contribution in [0.25, 0.3) is 0 Å². The number of hydrogen-bond donors (Lipinski definition) is 0. The van der Waals surface area contributed by atoms with Crippen molar-refractivity contribution in [1.82, 2.24) is 0 Å². The van der Waals surface area contributed by atoms with Crippen LogP contribution in [0.2, 0.25) is 5.02 Å². The van der Waals surface area contributed by atoms with E-state index in [0.717, 1.165) is 9.13 Å². The molecule has 0 aliphatic heterocycles. The summed E-state index contributed by atoms with van der Waals surface area (Å²) >= 11 is 11.2. The Kier molecular flexibility index (Phi) is 4.19. The van der Waals surface area contributed by atoms with Gasteiger partial charge < -0.3 is 0 Å². The molecule has 0 fully saturated rings. The lowest BCUT2D eigenvalue weighted by Gasteiger charge is -2.06. The molecule has 0 aliphatic rings. The Labute approximate surface area is 104 Å². The predicted octanol–water partition coefficient (Wildman–Crippen LogP) is 3.83. The molecule has 1 rings (SSSR count). The van der Waals surface area contributed by atoms with Crippen molar-refractivity contribution in [3.63, 3.8) is 0 Å². The minimum Gasteiger partial charge on any atom is -0.293 e. The van der Waals surface area contributed by atoms with Crippen molar-refractivity contribution in [2.45, 2.75) is 6.92 Å². The molecule has 1 aromatic carbocycles. The van der Waals surface area contributed by atoms with E-state index in [1.165, 1.54) is 0 Å². The predicted molar refractivity (Wildman–Crippen MR) is 67.0 cm³/mol. The highest BCUT2D eigenvalue weighted by Gasteiger charge is 2.14. The number of rotatable bonds is 2. The molecular weight excluding hydrogens is 366 g/mol. The zero-order chi connectivity index (χ0) is 10.0. The second-order valence-electron chi connectivity index (χ2n) is 2.61. The first-order valence-corrected chi connectivity index (χ1v) is 6.19. The molecule has 70 valence electrons. The van der Waals surface area contributed by atoms with Gasteiger partial charge in [0, 0.05) is 3.57 Å². The molecule has 0 amide bonds. The number of aryl methyl sites for hydroxylation is 1. The van der Waals surface area contributed by atoms with Crippen molar-refractivity contribution in [2.75, 3.05) is 5.33 Å². The Morgan fingerprint density at radius 2 is 2.23 bits per heavy atom. The molecule has 0 unspecified atom stereocenters. The Bertz CT molecular complexity index is 352. The van der Waals surface area contributed by atoms with Crippen LogP contribution in [0.15, 0.2) is 12.1 Å². The summed E-state index contributed by atoms with van der Waals surface area (Å²) in [5, 5.41) is 0.839. The van der Waals surface area contributed by atoms with Gasteiger partial charge in [-0.2, -0.15) is 0 Å². The standard InChI is InChI=1S/C9H7BrClIO/c1-5-2-3-6(11)8(9(5)12)7(13)4-10/h2-3H,4H2,1H3. The maximum Gasteiger partial charge on any atom is 0.175 e. The summed E-state index contributed by atoms with van der Waals surface area (Å²) in [6, 6.07) is 3.67. The first kappa shape index (κ1) is 11.5. The number of benzene rings is 1. The third-order valence-corrected chi connectivity index (χ3v) is 3.90. The number of alkyl halides is 1. The first-order chi connectivity index (χ1) is 6.07. The van der Waals surface area contributed by atoms with Crippen molar-refractivity contribution in [1.29, 1.82) is 0 Å². The lowest BCUT2D eigenvalue weighted by molar-refractivity contribution is 0.102. The van der Waals surface area contributed by atoms with Crippen LogP contribution in [0.1, 0.15) is 15.9 Å². The summed E-state index contributed by atoms with van der Waals surface area (Å²) < 4.78 is 0.939. The van der Waals surface area contributed by atoms with E-state index in [1.54, 1.807) is 6.07 Å². The Hall–Kier alpha value is 0.390. The highest BCUT2D eigenvalue weighted by atomic mass is 127. The van der Waals surface area contributed by atoms with Gasteiger partial charge >= 0.3 is 0 Å². The minimum atomic E-state index is 0.0260. The van der Waals surface area contributed by atoms with E-state index < -0.39 is 0 Å². The van der Waals surface area contributed by atoms with Gasteiger partial charge in [0.2, 0.25) is 0 Å². The van der Waals surface area contributed by atoms with E-state index in [1.807, 2.05) is 13.0 Å². The van der Waals surface area contributed by atoms with E-state index in [-0.39, 0.29) is 5.78 Å². The molecule has 0 N–H and O–H groups in total. The number of carbonyl (C=O) groups is 1. The van der Waals surface area contributed by atoms with Crippen molar-refractivity contribution in [2.24, 2.45) is 0 Å². The number of hydrogen-bond acceptors (Lipinski definition) is 1. The monoisotopic (exact) mass is 372 g/mol. The molecule has 1 aromatic rings. The zero-order valence-corrected chi connectivity index (χ0v) is 11.4. The van der Waals surface area contributed by atoms with E-state index in [9.17, 15) is 4.79 Å². The fourth-order valence-electron chi connectivity index (χ4n) is 0.979. The van der Waals surface area contributed by atoms with Crippen LogP contribution in [0.3, 0.4) is 0 Å². The third-order valence-electron chi connectivity index (χ3n) is 1.68. The fourth-order valence-corrected chi connectivity index (χ4v) is 2.45. The summed E-state index contributed by atoms with van der Waals surface area (Å²) in [4.78, 5) is 11.5. The van der Waals surface area contributed by atoms with Gasteiger partial charge in [0.25, 0.3) is 0 Å². The summed E-state index contributed by atoms with van der Waals surface area (Å²) in [5.74, 6) is 0.0260. The van der Waals surface area contributed by atoms with Gasteiger partial charge in [-0.3, -0.25) is 4.79 Å². The van der Waals surface area contributed by atoms with Crippen molar-refractivity contribution < 1.29 is 4.79 Å². The Morgan fingerprint density at radius 1 is 1.62 bits per heavy atom. The molecule has 0 aliphatic carbocycles. The molecule has 0 atom stereocenters. The van der Waals surface area contributed by atoms with Crippen LogP contribution in [0.5, 0.6) is 0 Å². The normalized spacial score (nSPS) is 10.2. The van der Waals surface area contributed by atoms with Gasteiger partial charge in [0.1, 0.15) is 0 Å². The molecule has 4 heteroatoms. The molecule has 0 aromatic heterocycles. The van der Waals surface area contributed by atoms with Gasteiger partial charge in [0.15, 0.2) is 5.78 Å². The number of carbonyl (C=O) groups excluding carboxylic acids is 1. The fraction of sp³-hybridized carbons (Fsp3) is 0.222. The summed E-state index contributed by atoms with van der Waals surface area (Å²) in [6.07, 6.45) is 0. The van der Waals surface area contributed by atoms with Gasteiger partial charge in [-0.15, -0.1) is 0 Å². The molecule has 0 spiro atoms. The Balaban J connectivity index is 3.33. The molecule has 0 radical (unpaired) electrons. The SMILES string of the molecule is Cc1ccc(Cl)c(C(=O)CBr)c1I. The lowest BCUT2D eigenvalue weighted by Crippen LogP contribution is -2.05. The summed E-state index contributed by atoms with van der Waals surface area (Å²) in [7, 11) is 0. The van der Waals surface area contributed by atoms with Crippen LogP contribution < -0.4 is 0 Å². The zero-order valence-electron chi connectivity index (χ0n) is 6.90. The van der Waals surface area contributed by atoms with Crippen LogP contribution >= 0.6 is 50.1 Å². The van der Waals surface area contributed by atoms with Crippen molar-refractivity contribution in [3.05, 3.63) is 31.9 Å². The topological polar surface area (TPSA) is 17.1 Å². The van der Waals surface area contributed by atoms with Crippen LogP contribution in [0.4, 0.5) is 0 Å². The quantitative estimate of drug-likeness (QED) is 0.437. The largest absolute Gasteiger partial charge is 0.293 e. The average molecular weight is 373 g/mol. The van der Waals surface area contributed by atoms with Gasteiger partial charge in [-0.1, -0.05) is 33.6 Å². The maximum absolute atomic E-state index is 11.5. The molecule has 0 saturated carbocycles. The lowest BCUT2D eigenvalue weighted by atomic mass is 10.1.